The van der Waals surface area contributed by atoms with Crippen molar-refractivity contribution in [3.8, 4) is 0 Å². The molecule has 0 radical (unpaired) electrons. The van der Waals surface area contributed by atoms with Gasteiger partial charge in [-0.1, -0.05) is 13.8 Å². The van der Waals surface area contributed by atoms with Gasteiger partial charge in [-0.2, -0.15) is 0 Å². The molecule has 0 aromatic heterocycles. The summed E-state index contributed by atoms with van der Waals surface area (Å²) in [4.78, 5) is 21.9. The van der Waals surface area contributed by atoms with E-state index < -0.39 is 11.9 Å². The van der Waals surface area contributed by atoms with Gasteiger partial charge in [0.05, 0.1) is 0 Å². The minimum Gasteiger partial charge on any atom is -0.368 e. The van der Waals surface area contributed by atoms with Crippen molar-refractivity contribution in [1.82, 2.24) is 10.6 Å². The standard InChI is InChI=1S/C10H21N3O2/c1-7(2)12-6-4-5-9(14)13-8(3)10(11)15/h7-8,12H,4-6H2,1-3H3,(H2,11,15)(H,13,14). The molecule has 0 aliphatic carbocycles. The highest BCUT2D eigenvalue weighted by molar-refractivity contribution is 5.86. The van der Waals surface area contributed by atoms with E-state index in [-0.39, 0.29) is 5.91 Å². The summed E-state index contributed by atoms with van der Waals surface area (Å²) in [5.74, 6) is -0.643. The molecule has 0 heterocycles. The molecule has 1 unspecified atom stereocenters. The molecule has 0 saturated carbocycles. The molecule has 4 N–H and O–H groups in total. The summed E-state index contributed by atoms with van der Waals surface area (Å²) < 4.78 is 0. The smallest absolute Gasteiger partial charge is 0.239 e. The maximum atomic E-state index is 11.3. The fourth-order valence-corrected chi connectivity index (χ4v) is 1.02. The van der Waals surface area contributed by atoms with Crippen LogP contribution in [0.15, 0.2) is 0 Å². The highest BCUT2D eigenvalue weighted by Gasteiger charge is 2.11. The summed E-state index contributed by atoms with van der Waals surface area (Å²) in [6.45, 7) is 6.48. The molecular weight excluding hydrogens is 194 g/mol. The van der Waals surface area contributed by atoms with Crippen molar-refractivity contribution in [3.63, 3.8) is 0 Å². The van der Waals surface area contributed by atoms with E-state index in [2.05, 4.69) is 24.5 Å². The van der Waals surface area contributed by atoms with Crippen LogP contribution in [0.5, 0.6) is 0 Å². The molecule has 0 spiro atoms. The summed E-state index contributed by atoms with van der Waals surface area (Å²) in [5, 5.41) is 5.73. The Labute approximate surface area is 90.8 Å². The maximum absolute atomic E-state index is 11.3. The lowest BCUT2D eigenvalue weighted by Gasteiger charge is -2.10. The highest BCUT2D eigenvalue weighted by atomic mass is 16.2. The van der Waals surface area contributed by atoms with E-state index in [0.29, 0.717) is 12.5 Å². The van der Waals surface area contributed by atoms with E-state index in [0.717, 1.165) is 13.0 Å². The third-order valence-electron chi connectivity index (χ3n) is 1.94. The van der Waals surface area contributed by atoms with E-state index in [1.165, 1.54) is 0 Å². The lowest BCUT2D eigenvalue weighted by atomic mass is 10.2. The second-order valence-corrected chi connectivity index (χ2v) is 3.90. The van der Waals surface area contributed by atoms with Crippen molar-refractivity contribution in [2.75, 3.05) is 6.54 Å². The topological polar surface area (TPSA) is 84.2 Å². The molecule has 0 aliphatic rings. The van der Waals surface area contributed by atoms with Crippen molar-refractivity contribution < 1.29 is 9.59 Å². The van der Waals surface area contributed by atoms with Crippen LogP contribution in [0, 0.1) is 0 Å². The van der Waals surface area contributed by atoms with Crippen LogP contribution in [-0.2, 0) is 9.59 Å². The van der Waals surface area contributed by atoms with Crippen molar-refractivity contribution in [2.24, 2.45) is 5.73 Å². The van der Waals surface area contributed by atoms with Crippen LogP contribution in [0.25, 0.3) is 0 Å². The van der Waals surface area contributed by atoms with Gasteiger partial charge < -0.3 is 16.4 Å². The SMILES string of the molecule is CC(C)NCCCC(=O)NC(C)C(N)=O. The number of nitrogens with one attached hydrogen (secondary N) is 2. The number of carbonyl (C=O) groups excluding carboxylic acids is 2. The van der Waals surface area contributed by atoms with Gasteiger partial charge in [-0.25, -0.2) is 0 Å². The predicted octanol–water partition coefficient (Wildman–Crippen LogP) is -0.245. The normalized spacial score (nSPS) is 12.5. The molecule has 5 nitrogen and oxygen atoms in total. The van der Waals surface area contributed by atoms with Crippen LogP contribution < -0.4 is 16.4 Å². The molecule has 88 valence electrons. The number of primary amides is 1. The Kier molecular flexibility index (Phi) is 6.70. The summed E-state index contributed by atoms with van der Waals surface area (Å²) in [6.07, 6.45) is 1.17. The Balaban J connectivity index is 3.54. The van der Waals surface area contributed by atoms with Crippen LogP contribution in [0.1, 0.15) is 33.6 Å². The second kappa shape index (κ2) is 7.23. The predicted molar refractivity (Wildman–Crippen MR) is 59.2 cm³/mol. The minimum absolute atomic E-state index is 0.133. The number of hydrogen-bond acceptors (Lipinski definition) is 3. The number of carbonyl (C=O) groups is 2. The summed E-state index contributed by atoms with van der Waals surface area (Å²) in [6, 6.07) is -0.159. The first-order chi connectivity index (χ1) is 6.93. The fraction of sp³-hybridized carbons (Fsp3) is 0.800. The van der Waals surface area contributed by atoms with Gasteiger partial charge >= 0.3 is 0 Å². The van der Waals surface area contributed by atoms with Crippen LogP contribution >= 0.6 is 0 Å². The number of hydrogen-bond donors (Lipinski definition) is 3. The third-order valence-corrected chi connectivity index (χ3v) is 1.94. The second-order valence-electron chi connectivity index (χ2n) is 3.90. The van der Waals surface area contributed by atoms with E-state index in [4.69, 9.17) is 5.73 Å². The van der Waals surface area contributed by atoms with Gasteiger partial charge in [0.1, 0.15) is 6.04 Å². The Hall–Kier alpha value is -1.10. The van der Waals surface area contributed by atoms with Gasteiger partial charge in [0, 0.05) is 12.5 Å². The first-order valence-corrected chi connectivity index (χ1v) is 5.25. The van der Waals surface area contributed by atoms with Gasteiger partial charge in [-0.05, 0) is 19.9 Å². The van der Waals surface area contributed by atoms with E-state index in [1.54, 1.807) is 6.92 Å². The fourth-order valence-electron chi connectivity index (χ4n) is 1.02. The van der Waals surface area contributed by atoms with Crippen LogP contribution in [0.2, 0.25) is 0 Å². The quantitative estimate of drug-likeness (QED) is 0.512. The van der Waals surface area contributed by atoms with Gasteiger partial charge in [-0.3, -0.25) is 9.59 Å². The zero-order valence-corrected chi connectivity index (χ0v) is 9.67. The zero-order valence-electron chi connectivity index (χ0n) is 9.67. The molecule has 1 atom stereocenters. The lowest BCUT2D eigenvalue weighted by Crippen LogP contribution is -2.42. The Morgan fingerprint density at radius 3 is 2.33 bits per heavy atom. The molecule has 15 heavy (non-hydrogen) atoms. The van der Waals surface area contributed by atoms with Crippen molar-refractivity contribution in [2.45, 2.75) is 45.7 Å². The van der Waals surface area contributed by atoms with E-state index in [9.17, 15) is 9.59 Å². The van der Waals surface area contributed by atoms with Gasteiger partial charge in [0.2, 0.25) is 11.8 Å². The largest absolute Gasteiger partial charge is 0.368 e. The van der Waals surface area contributed by atoms with Crippen molar-refractivity contribution >= 4 is 11.8 Å². The van der Waals surface area contributed by atoms with Gasteiger partial charge in [0.15, 0.2) is 0 Å². The van der Waals surface area contributed by atoms with E-state index in [1.807, 2.05) is 0 Å². The number of amides is 2. The Morgan fingerprint density at radius 2 is 1.87 bits per heavy atom. The Morgan fingerprint density at radius 1 is 1.27 bits per heavy atom. The van der Waals surface area contributed by atoms with Crippen molar-refractivity contribution in [3.05, 3.63) is 0 Å². The van der Waals surface area contributed by atoms with Gasteiger partial charge in [-0.15, -0.1) is 0 Å². The van der Waals surface area contributed by atoms with Crippen molar-refractivity contribution in [1.29, 1.82) is 0 Å². The molecule has 0 fully saturated rings. The molecule has 0 aromatic rings. The maximum Gasteiger partial charge on any atom is 0.239 e. The molecule has 0 aromatic carbocycles. The van der Waals surface area contributed by atoms with Gasteiger partial charge in [0.25, 0.3) is 0 Å². The highest BCUT2D eigenvalue weighted by Crippen LogP contribution is 1.90. The average Bonchev–Trinajstić information content (AvgIpc) is 2.12. The average molecular weight is 215 g/mol. The molecule has 0 saturated heterocycles. The van der Waals surface area contributed by atoms with Crippen LogP contribution in [-0.4, -0.2) is 30.4 Å². The first kappa shape index (κ1) is 13.9. The monoisotopic (exact) mass is 215 g/mol. The van der Waals surface area contributed by atoms with Crippen LogP contribution in [0.3, 0.4) is 0 Å². The molecule has 0 rings (SSSR count). The summed E-state index contributed by atoms with van der Waals surface area (Å²) in [7, 11) is 0. The molecule has 0 aliphatic heterocycles. The molecule has 2 amide bonds. The Bertz CT molecular complexity index is 217. The van der Waals surface area contributed by atoms with E-state index >= 15 is 0 Å². The molecular formula is C10H21N3O2. The summed E-state index contributed by atoms with van der Waals surface area (Å²) in [5.41, 5.74) is 5.01. The minimum atomic E-state index is -0.587. The first-order valence-electron chi connectivity index (χ1n) is 5.25. The third kappa shape index (κ3) is 7.93. The molecule has 0 bridgehead atoms. The number of rotatable bonds is 7. The summed E-state index contributed by atoms with van der Waals surface area (Å²) >= 11 is 0. The number of nitrogens with two attached hydrogens (primary N) is 1. The lowest BCUT2D eigenvalue weighted by molar-refractivity contribution is -0.127. The van der Waals surface area contributed by atoms with Crippen LogP contribution in [0.4, 0.5) is 0 Å². The zero-order chi connectivity index (χ0) is 11.8. The molecule has 5 heteroatoms.